The maximum absolute atomic E-state index is 10.3. The van der Waals surface area contributed by atoms with Gasteiger partial charge >= 0.3 is 0 Å². The largest absolute Gasteiger partial charge is 0.474 e. The lowest BCUT2D eigenvalue weighted by atomic mass is 10.0. The van der Waals surface area contributed by atoms with Gasteiger partial charge in [-0.25, -0.2) is 0 Å². The standard InChI is InChI=1S/C17H30N4O3.ClH/c1-11(2)16(18)17(22)21-9-7-13(8-10-21)24-15-6-5-14(19-20-15)23-12(3)4;/h5-6,11-13,16-17,22H,7-10,18H2,1-4H3;1H/t16?,17-;/m0./s1. The highest BCUT2D eigenvalue weighted by Crippen LogP contribution is 2.20. The average Bonchev–Trinajstić information content (AvgIpc) is 2.55. The fourth-order valence-electron chi connectivity index (χ4n) is 2.69. The Morgan fingerprint density at radius 3 is 2.16 bits per heavy atom. The number of likely N-dealkylation sites (tertiary alicyclic amines) is 1. The first-order valence-corrected chi connectivity index (χ1v) is 8.71. The van der Waals surface area contributed by atoms with E-state index in [1.165, 1.54) is 0 Å². The molecule has 1 fully saturated rings. The number of aliphatic hydroxyl groups is 1. The topological polar surface area (TPSA) is 93.7 Å². The van der Waals surface area contributed by atoms with Crippen LogP contribution in [-0.2, 0) is 0 Å². The van der Waals surface area contributed by atoms with Crippen LogP contribution in [0.2, 0.25) is 0 Å². The highest BCUT2D eigenvalue weighted by molar-refractivity contribution is 5.85. The third-order valence-corrected chi connectivity index (χ3v) is 4.22. The minimum absolute atomic E-state index is 0. The lowest BCUT2D eigenvalue weighted by Gasteiger charge is -2.38. The number of aromatic nitrogens is 2. The molecular weight excluding hydrogens is 344 g/mol. The molecule has 1 saturated heterocycles. The fourth-order valence-corrected chi connectivity index (χ4v) is 2.69. The zero-order valence-electron chi connectivity index (χ0n) is 15.5. The van der Waals surface area contributed by atoms with E-state index in [2.05, 4.69) is 10.2 Å². The van der Waals surface area contributed by atoms with Gasteiger partial charge in [0.1, 0.15) is 12.3 Å². The highest BCUT2D eigenvalue weighted by Gasteiger charge is 2.29. The molecule has 25 heavy (non-hydrogen) atoms. The smallest absolute Gasteiger partial charge is 0.233 e. The van der Waals surface area contributed by atoms with Gasteiger partial charge in [-0.1, -0.05) is 13.8 Å². The molecule has 2 rings (SSSR count). The van der Waals surface area contributed by atoms with Crippen LogP contribution in [0.1, 0.15) is 40.5 Å². The summed E-state index contributed by atoms with van der Waals surface area (Å²) in [6, 6.07) is 3.31. The predicted molar refractivity (Wildman–Crippen MR) is 99.1 cm³/mol. The van der Waals surface area contributed by atoms with Gasteiger partial charge in [-0.05, 0) is 32.6 Å². The maximum Gasteiger partial charge on any atom is 0.233 e. The van der Waals surface area contributed by atoms with Gasteiger partial charge in [-0.2, -0.15) is 0 Å². The molecule has 2 heterocycles. The Balaban J connectivity index is 0.00000312. The van der Waals surface area contributed by atoms with Gasteiger partial charge in [0.05, 0.1) is 6.10 Å². The molecule has 2 atom stereocenters. The number of aliphatic hydroxyl groups excluding tert-OH is 1. The van der Waals surface area contributed by atoms with Gasteiger partial charge < -0.3 is 20.3 Å². The maximum atomic E-state index is 10.3. The van der Waals surface area contributed by atoms with Crippen LogP contribution in [0.15, 0.2) is 12.1 Å². The molecule has 7 nitrogen and oxygen atoms in total. The van der Waals surface area contributed by atoms with Crippen LogP contribution in [-0.4, -0.2) is 57.8 Å². The zero-order chi connectivity index (χ0) is 17.7. The third kappa shape index (κ3) is 6.58. The zero-order valence-corrected chi connectivity index (χ0v) is 16.3. The first-order valence-electron chi connectivity index (χ1n) is 8.71. The van der Waals surface area contributed by atoms with Crippen molar-refractivity contribution in [3.63, 3.8) is 0 Å². The number of hydrogen-bond donors (Lipinski definition) is 2. The van der Waals surface area contributed by atoms with Crippen LogP contribution < -0.4 is 15.2 Å². The molecule has 1 aromatic heterocycles. The molecule has 0 bridgehead atoms. The van der Waals surface area contributed by atoms with Crippen LogP contribution in [0.4, 0.5) is 0 Å². The summed E-state index contributed by atoms with van der Waals surface area (Å²) in [5.74, 6) is 1.25. The minimum atomic E-state index is -0.599. The van der Waals surface area contributed by atoms with E-state index in [4.69, 9.17) is 15.2 Å². The quantitative estimate of drug-likeness (QED) is 0.751. The summed E-state index contributed by atoms with van der Waals surface area (Å²) >= 11 is 0. The lowest BCUT2D eigenvalue weighted by Crippen LogP contribution is -2.53. The number of hydrogen-bond acceptors (Lipinski definition) is 7. The van der Waals surface area contributed by atoms with E-state index in [0.717, 1.165) is 25.9 Å². The van der Waals surface area contributed by atoms with Gasteiger partial charge in [-0.15, -0.1) is 22.6 Å². The Bertz CT molecular complexity index is 493. The molecule has 1 aromatic rings. The van der Waals surface area contributed by atoms with E-state index in [0.29, 0.717) is 11.8 Å². The molecule has 0 saturated carbocycles. The van der Waals surface area contributed by atoms with Crippen molar-refractivity contribution in [3.05, 3.63) is 12.1 Å². The van der Waals surface area contributed by atoms with Crippen LogP contribution in [0.3, 0.4) is 0 Å². The molecule has 8 heteroatoms. The molecule has 3 N–H and O–H groups in total. The third-order valence-electron chi connectivity index (χ3n) is 4.22. The molecule has 0 spiro atoms. The molecule has 0 aliphatic carbocycles. The van der Waals surface area contributed by atoms with Crippen molar-refractivity contribution in [2.24, 2.45) is 11.7 Å². The molecular formula is C17H31ClN4O3. The molecule has 0 amide bonds. The monoisotopic (exact) mass is 374 g/mol. The number of nitrogens with two attached hydrogens (primary N) is 1. The van der Waals surface area contributed by atoms with Crippen molar-refractivity contribution in [2.45, 2.75) is 65.0 Å². The first-order chi connectivity index (χ1) is 11.4. The summed E-state index contributed by atoms with van der Waals surface area (Å²) in [6.07, 6.45) is 1.20. The van der Waals surface area contributed by atoms with Crippen LogP contribution in [0.25, 0.3) is 0 Å². The van der Waals surface area contributed by atoms with E-state index >= 15 is 0 Å². The Hall–Kier alpha value is -1.15. The predicted octanol–water partition coefficient (Wildman–Crippen LogP) is 1.83. The van der Waals surface area contributed by atoms with E-state index < -0.39 is 6.23 Å². The Kier molecular flexibility index (Phi) is 8.85. The summed E-state index contributed by atoms with van der Waals surface area (Å²) < 4.78 is 11.3. The summed E-state index contributed by atoms with van der Waals surface area (Å²) in [4.78, 5) is 2.02. The summed E-state index contributed by atoms with van der Waals surface area (Å²) in [5, 5.41) is 18.4. The fraction of sp³-hybridized carbons (Fsp3) is 0.765. The average molecular weight is 375 g/mol. The molecule has 1 aliphatic heterocycles. The number of piperidine rings is 1. The molecule has 0 aromatic carbocycles. The minimum Gasteiger partial charge on any atom is -0.474 e. The number of nitrogens with zero attached hydrogens (tertiary/aromatic N) is 3. The second kappa shape index (κ2) is 10.1. The SMILES string of the molecule is CC(C)Oc1ccc(OC2CCN([C@@H](O)C(N)C(C)C)CC2)nn1.Cl. The first kappa shape index (κ1) is 21.9. The van der Waals surface area contributed by atoms with Crippen molar-refractivity contribution < 1.29 is 14.6 Å². The van der Waals surface area contributed by atoms with E-state index in [1.807, 2.05) is 32.6 Å². The van der Waals surface area contributed by atoms with Gasteiger partial charge in [-0.3, -0.25) is 4.90 Å². The van der Waals surface area contributed by atoms with E-state index in [-0.39, 0.29) is 36.6 Å². The van der Waals surface area contributed by atoms with E-state index in [1.54, 1.807) is 12.1 Å². The van der Waals surface area contributed by atoms with Crippen molar-refractivity contribution in [3.8, 4) is 11.8 Å². The summed E-state index contributed by atoms with van der Waals surface area (Å²) in [5.41, 5.74) is 6.04. The Morgan fingerprint density at radius 1 is 1.12 bits per heavy atom. The van der Waals surface area contributed by atoms with Crippen LogP contribution in [0.5, 0.6) is 11.8 Å². The van der Waals surface area contributed by atoms with Gasteiger partial charge in [0.15, 0.2) is 0 Å². The normalized spacial score (nSPS) is 18.7. The van der Waals surface area contributed by atoms with Gasteiger partial charge in [0.25, 0.3) is 0 Å². The van der Waals surface area contributed by atoms with Crippen LogP contribution >= 0.6 is 12.4 Å². The lowest BCUT2D eigenvalue weighted by molar-refractivity contribution is -0.0506. The van der Waals surface area contributed by atoms with Crippen molar-refractivity contribution in [1.29, 1.82) is 0 Å². The molecule has 144 valence electrons. The van der Waals surface area contributed by atoms with Crippen molar-refractivity contribution in [2.75, 3.05) is 13.1 Å². The Morgan fingerprint density at radius 2 is 1.68 bits per heavy atom. The summed E-state index contributed by atoms with van der Waals surface area (Å²) in [6.45, 7) is 9.45. The molecule has 0 radical (unpaired) electrons. The highest BCUT2D eigenvalue weighted by atomic mass is 35.5. The van der Waals surface area contributed by atoms with Gasteiger partial charge in [0, 0.05) is 31.3 Å². The number of ether oxygens (including phenoxy) is 2. The van der Waals surface area contributed by atoms with E-state index in [9.17, 15) is 5.11 Å². The van der Waals surface area contributed by atoms with Crippen molar-refractivity contribution in [1.82, 2.24) is 15.1 Å². The van der Waals surface area contributed by atoms with Crippen molar-refractivity contribution >= 4 is 12.4 Å². The summed E-state index contributed by atoms with van der Waals surface area (Å²) in [7, 11) is 0. The van der Waals surface area contributed by atoms with Crippen LogP contribution in [0, 0.1) is 5.92 Å². The molecule has 1 unspecified atom stereocenters. The van der Waals surface area contributed by atoms with Gasteiger partial charge in [0.2, 0.25) is 11.8 Å². The Labute approximate surface area is 156 Å². The number of rotatable bonds is 7. The molecule has 1 aliphatic rings. The second-order valence-electron chi connectivity index (χ2n) is 6.96. The number of halogens is 1. The second-order valence-corrected chi connectivity index (χ2v) is 6.96.